The Morgan fingerprint density at radius 3 is 2.70 bits per heavy atom. The molecule has 108 valence electrons. The smallest absolute Gasteiger partial charge is 0.416 e. The average Bonchev–Trinajstić information content (AvgIpc) is 2.71. The molecule has 1 heterocycles. The standard InChI is InChI=1S/C12H12F3N3O2/c1-2-18-9-5-7(12(13,14)15)3-4-8(9)17-10(18)6-16-11(19)20/h3-5,16H,2,6H2,1H3,(H,19,20). The zero-order valence-electron chi connectivity index (χ0n) is 10.5. The number of fused-ring (bicyclic) bond motifs is 1. The summed E-state index contributed by atoms with van der Waals surface area (Å²) in [4.78, 5) is 14.6. The fourth-order valence-corrected chi connectivity index (χ4v) is 1.99. The first-order valence-corrected chi connectivity index (χ1v) is 5.86. The lowest BCUT2D eigenvalue weighted by Gasteiger charge is -2.08. The maximum absolute atomic E-state index is 12.7. The summed E-state index contributed by atoms with van der Waals surface area (Å²) in [7, 11) is 0. The Balaban J connectivity index is 2.49. The number of nitrogens with zero attached hydrogens (tertiary/aromatic N) is 2. The number of aryl methyl sites for hydroxylation is 1. The van der Waals surface area contributed by atoms with E-state index in [1.54, 1.807) is 11.5 Å². The molecule has 2 aromatic rings. The number of halogens is 3. The second kappa shape index (κ2) is 5.03. The highest BCUT2D eigenvalue weighted by atomic mass is 19.4. The molecule has 0 saturated carbocycles. The number of benzene rings is 1. The molecule has 20 heavy (non-hydrogen) atoms. The SMILES string of the molecule is CCn1c(CNC(=O)O)nc2ccc(C(F)(F)F)cc21. The zero-order valence-corrected chi connectivity index (χ0v) is 10.5. The van der Waals surface area contributed by atoms with Crippen molar-refractivity contribution in [2.45, 2.75) is 26.2 Å². The number of imidazole rings is 1. The van der Waals surface area contributed by atoms with Gasteiger partial charge < -0.3 is 15.0 Å². The van der Waals surface area contributed by atoms with Gasteiger partial charge in [0.15, 0.2) is 0 Å². The van der Waals surface area contributed by atoms with Crippen LogP contribution in [0.3, 0.4) is 0 Å². The summed E-state index contributed by atoms with van der Waals surface area (Å²) in [5.41, 5.74) is -0.0103. The Kier molecular flexibility index (Phi) is 3.56. The van der Waals surface area contributed by atoms with Gasteiger partial charge in [0, 0.05) is 6.54 Å². The quantitative estimate of drug-likeness (QED) is 0.912. The molecular weight excluding hydrogens is 275 g/mol. The monoisotopic (exact) mass is 287 g/mol. The molecule has 0 aliphatic carbocycles. The maximum atomic E-state index is 12.7. The summed E-state index contributed by atoms with van der Waals surface area (Å²) in [6.45, 7) is 2.10. The number of hydrogen-bond acceptors (Lipinski definition) is 2. The van der Waals surface area contributed by atoms with E-state index in [1.807, 2.05) is 0 Å². The number of hydrogen-bond donors (Lipinski definition) is 2. The van der Waals surface area contributed by atoms with Crippen LogP contribution >= 0.6 is 0 Å². The highest BCUT2D eigenvalue weighted by Crippen LogP contribution is 2.31. The fraction of sp³-hybridized carbons (Fsp3) is 0.333. The van der Waals surface area contributed by atoms with Gasteiger partial charge in [-0.05, 0) is 25.1 Å². The Labute approximate surface area is 112 Å². The predicted molar refractivity (Wildman–Crippen MR) is 65.3 cm³/mol. The lowest BCUT2D eigenvalue weighted by Crippen LogP contribution is -2.22. The summed E-state index contributed by atoms with van der Waals surface area (Å²) < 4.78 is 39.6. The van der Waals surface area contributed by atoms with Crippen molar-refractivity contribution in [3.8, 4) is 0 Å². The van der Waals surface area contributed by atoms with Crippen molar-refractivity contribution in [3.63, 3.8) is 0 Å². The van der Waals surface area contributed by atoms with Gasteiger partial charge in [-0.2, -0.15) is 13.2 Å². The third-order valence-corrected chi connectivity index (χ3v) is 2.87. The number of nitrogens with one attached hydrogen (secondary N) is 1. The molecule has 0 saturated heterocycles. The van der Waals surface area contributed by atoms with Crippen molar-refractivity contribution in [2.75, 3.05) is 0 Å². The highest BCUT2D eigenvalue weighted by Gasteiger charge is 2.31. The van der Waals surface area contributed by atoms with Crippen molar-refractivity contribution < 1.29 is 23.1 Å². The van der Waals surface area contributed by atoms with E-state index in [0.717, 1.165) is 12.1 Å². The van der Waals surface area contributed by atoms with Crippen LogP contribution in [0, 0.1) is 0 Å². The summed E-state index contributed by atoms with van der Waals surface area (Å²) >= 11 is 0. The summed E-state index contributed by atoms with van der Waals surface area (Å²) in [5, 5.41) is 10.7. The summed E-state index contributed by atoms with van der Waals surface area (Å²) in [5.74, 6) is 0.379. The van der Waals surface area contributed by atoms with Gasteiger partial charge in [-0.15, -0.1) is 0 Å². The number of aromatic nitrogens is 2. The molecule has 0 unspecified atom stereocenters. The number of carbonyl (C=O) groups is 1. The van der Waals surface area contributed by atoms with Gasteiger partial charge in [-0.1, -0.05) is 0 Å². The van der Waals surface area contributed by atoms with Crippen molar-refractivity contribution >= 4 is 17.1 Å². The van der Waals surface area contributed by atoms with Crippen LogP contribution in [-0.4, -0.2) is 20.8 Å². The maximum Gasteiger partial charge on any atom is 0.416 e. The molecular formula is C12H12F3N3O2. The van der Waals surface area contributed by atoms with E-state index in [-0.39, 0.29) is 6.54 Å². The van der Waals surface area contributed by atoms with Crippen LogP contribution < -0.4 is 5.32 Å². The summed E-state index contributed by atoms with van der Waals surface area (Å²) in [6.07, 6.45) is -5.63. The van der Waals surface area contributed by atoms with Crippen molar-refractivity contribution in [1.29, 1.82) is 0 Å². The van der Waals surface area contributed by atoms with Crippen LogP contribution in [0.5, 0.6) is 0 Å². The molecule has 0 aliphatic rings. The molecule has 2 rings (SSSR count). The molecule has 1 amide bonds. The molecule has 0 spiro atoms. The van der Waals surface area contributed by atoms with Gasteiger partial charge in [-0.25, -0.2) is 9.78 Å². The molecule has 0 aliphatic heterocycles. The van der Waals surface area contributed by atoms with Gasteiger partial charge in [0.2, 0.25) is 0 Å². The molecule has 0 bridgehead atoms. The van der Waals surface area contributed by atoms with E-state index in [2.05, 4.69) is 10.3 Å². The molecule has 1 aromatic carbocycles. The number of amides is 1. The molecule has 0 atom stereocenters. The number of carboxylic acid groups (broad SMARTS) is 1. The Morgan fingerprint density at radius 1 is 1.45 bits per heavy atom. The highest BCUT2D eigenvalue weighted by molar-refractivity contribution is 5.77. The van der Waals surface area contributed by atoms with Gasteiger partial charge in [0.05, 0.1) is 23.1 Å². The topological polar surface area (TPSA) is 67.2 Å². The first-order chi connectivity index (χ1) is 9.32. The van der Waals surface area contributed by atoms with E-state index in [0.29, 0.717) is 23.4 Å². The molecule has 0 fully saturated rings. The summed E-state index contributed by atoms with van der Waals surface area (Å²) in [6, 6.07) is 3.27. The van der Waals surface area contributed by atoms with Crippen LogP contribution in [-0.2, 0) is 19.3 Å². The molecule has 8 heteroatoms. The van der Waals surface area contributed by atoms with E-state index in [4.69, 9.17) is 5.11 Å². The second-order valence-corrected chi connectivity index (χ2v) is 4.13. The predicted octanol–water partition coefficient (Wildman–Crippen LogP) is 2.84. The zero-order chi connectivity index (χ0) is 14.9. The van der Waals surface area contributed by atoms with Crippen molar-refractivity contribution in [1.82, 2.24) is 14.9 Å². The minimum atomic E-state index is -4.42. The minimum absolute atomic E-state index is 0.0563. The Hall–Kier alpha value is -2.25. The first-order valence-electron chi connectivity index (χ1n) is 5.86. The fourth-order valence-electron chi connectivity index (χ4n) is 1.99. The Morgan fingerprint density at radius 2 is 2.15 bits per heavy atom. The van der Waals surface area contributed by atoms with Gasteiger partial charge in [0.25, 0.3) is 0 Å². The van der Waals surface area contributed by atoms with Gasteiger partial charge in [0.1, 0.15) is 5.82 Å². The lowest BCUT2D eigenvalue weighted by molar-refractivity contribution is -0.137. The van der Waals surface area contributed by atoms with Crippen LogP contribution in [0.1, 0.15) is 18.3 Å². The van der Waals surface area contributed by atoms with Crippen LogP contribution in [0.4, 0.5) is 18.0 Å². The molecule has 0 radical (unpaired) electrons. The average molecular weight is 287 g/mol. The molecule has 5 nitrogen and oxygen atoms in total. The van der Waals surface area contributed by atoms with E-state index < -0.39 is 17.8 Å². The third kappa shape index (κ3) is 2.68. The van der Waals surface area contributed by atoms with Gasteiger partial charge in [-0.3, -0.25) is 0 Å². The second-order valence-electron chi connectivity index (χ2n) is 4.13. The third-order valence-electron chi connectivity index (χ3n) is 2.87. The number of alkyl halides is 3. The van der Waals surface area contributed by atoms with E-state index >= 15 is 0 Å². The lowest BCUT2D eigenvalue weighted by atomic mass is 10.2. The van der Waals surface area contributed by atoms with Crippen LogP contribution in [0.2, 0.25) is 0 Å². The van der Waals surface area contributed by atoms with Crippen molar-refractivity contribution in [2.24, 2.45) is 0 Å². The van der Waals surface area contributed by atoms with Crippen molar-refractivity contribution in [3.05, 3.63) is 29.6 Å². The van der Waals surface area contributed by atoms with E-state index in [9.17, 15) is 18.0 Å². The van der Waals surface area contributed by atoms with Crippen LogP contribution in [0.25, 0.3) is 11.0 Å². The normalized spacial score (nSPS) is 11.8. The molecule has 2 N–H and O–H groups in total. The minimum Gasteiger partial charge on any atom is -0.465 e. The largest absolute Gasteiger partial charge is 0.465 e. The molecule has 1 aromatic heterocycles. The van der Waals surface area contributed by atoms with Gasteiger partial charge >= 0.3 is 12.3 Å². The first kappa shape index (κ1) is 14.2. The van der Waals surface area contributed by atoms with E-state index in [1.165, 1.54) is 6.07 Å². The number of rotatable bonds is 3. The Bertz CT molecular complexity index is 649. The van der Waals surface area contributed by atoms with Crippen LogP contribution in [0.15, 0.2) is 18.2 Å².